The first-order chi connectivity index (χ1) is 14.6. The third-order valence-corrected chi connectivity index (χ3v) is 4.88. The predicted molar refractivity (Wildman–Crippen MR) is 115 cm³/mol. The Kier molecular flexibility index (Phi) is 5.70. The van der Waals surface area contributed by atoms with Crippen molar-refractivity contribution >= 4 is 17.4 Å². The van der Waals surface area contributed by atoms with Gasteiger partial charge in [0, 0.05) is 37.5 Å². The minimum absolute atomic E-state index is 0.0836. The van der Waals surface area contributed by atoms with E-state index in [1.165, 1.54) is 12.1 Å². The predicted octanol–water partition coefficient (Wildman–Crippen LogP) is 3.96. The molecule has 0 aliphatic heterocycles. The molecular formula is C23H22FN5O. The van der Waals surface area contributed by atoms with E-state index in [-0.39, 0.29) is 11.7 Å². The number of benzene rings is 2. The van der Waals surface area contributed by atoms with Crippen molar-refractivity contribution in [2.45, 2.75) is 19.9 Å². The fourth-order valence-corrected chi connectivity index (χ4v) is 3.29. The quantitative estimate of drug-likeness (QED) is 0.490. The van der Waals surface area contributed by atoms with E-state index < -0.39 is 0 Å². The Hall–Kier alpha value is -3.74. The topological polar surface area (TPSA) is 71.3 Å². The Bertz CT molecular complexity index is 1170. The van der Waals surface area contributed by atoms with Gasteiger partial charge in [-0.1, -0.05) is 36.4 Å². The van der Waals surface area contributed by atoms with Crippen LogP contribution in [-0.4, -0.2) is 26.8 Å². The zero-order valence-corrected chi connectivity index (χ0v) is 16.6. The van der Waals surface area contributed by atoms with Crippen LogP contribution in [0.15, 0.2) is 67.1 Å². The van der Waals surface area contributed by atoms with Gasteiger partial charge >= 0.3 is 0 Å². The molecule has 2 N–H and O–H groups in total. The lowest BCUT2D eigenvalue weighted by atomic mass is 10.1. The number of carbonyl (C=O) groups is 1. The fourth-order valence-electron chi connectivity index (χ4n) is 3.29. The second kappa shape index (κ2) is 8.73. The maximum Gasteiger partial charge on any atom is 0.222 e. The summed E-state index contributed by atoms with van der Waals surface area (Å²) in [4.78, 5) is 21.1. The summed E-state index contributed by atoms with van der Waals surface area (Å²) in [6.45, 7) is 2.86. The van der Waals surface area contributed by atoms with Crippen molar-refractivity contribution in [3.8, 4) is 11.3 Å². The molecule has 2 aromatic heterocycles. The van der Waals surface area contributed by atoms with Crippen molar-refractivity contribution in [1.29, 1.82) is 0 Å². The third kappa shape index (κ3) is 4.30. The summed E-state index contributed by atoms with van der Waals surface area (Å²) in [5.74, 6) is 0.453. The van der Waals surface area contributed by atoms with Gasteiger partial charge in [0.2, 0.25) is 5.91 Å². The highest BCUT2D eigenvalue weighted by molar-refractivity contribution is 5.79. The van der Waals surface area contributed by atoms with Gasteiger partial charge in [-0.2, -0.15) is 0 Å². The highest BCUT2D eigenvalue weighted by atomic mass is 19.1. The molecule has 0 fully saturated rings. The van der Waals surface area contributed by atoms with Crippen LogP contribution in [0, 0.1) is 12.7 Å². The van der Waals surface area contributed by atoms with Crippen LogP contribution in [0.4, 0.5) is 10.2 Å². The molecule has 7 heteroatoms. The third-order valence-electron chi connectivity index (χ3n) is 4.88. The van der Waals surface area contributed by atoms with Gasteiger partial charge in [0.1, 0.15) is 17.3 Å². The van der Waals surface area contributed by atoms with E-state index in [1.54, 1.807) is 24.5 Å². The largest absolute Gasteiger partial charge is 0.369 e. The number of fused-ring (bicyclic) bond motifs is 1. The molecular weight excluding hydrogens is 381 g/mol. The summed E-state index contributed by atoms with van der Waals surface area (Å²) >= 11 is 0. The van der Waals surface area contributed by atoms with Gasteiger partial charge in [0.05, 0.1) is 6.20 Å². The van der Waals surface area contributed by atoms with E-state index in [0.717, 1.165) is 33.8 Å². The van der Waals surface area contributed by atoms with Gasteiger partial charge < -0.3 is 10.6 Å². The average Bonchev–Trinajstić information content (AvgIpc) is 3.12. The first kappa shape index (κ1) is 19.6. The molecule has 0 aliphatic carbocycles. The van der Waals surface area contributed by atoms with Crippen molar-refractivity contribution in [2.75, 3.05) is 11.9 Å². The van der Waals surface area contributed by atoms with Gasteiger partial charge in [0.15, 0.2) is 5.65 Å². The lowest BCUT2D eigenvalue weighted by Crippen LogP contribution is -2.25. The molecule has 0 radical (unpaired) electrons. The van der Waals surface area contributed by atoms with Crippen LogP contribution >= 0.6 is 0 Å². The smallest absolute Gasteiger partial charge is 0.222 e. The van der Waals surface area contributed by atoms with E-state index in [2.05, 4.69) is 15.6 Å². The number of anilines is 1. The Morgan fingerprint density at radius 3 is 2.73 bits per heavy atom. The summed E-state index contributed by atoms with van der Waals surface area (Å²) in [5.41, 5.74) is 4.57. The van der Waals surface area contributed by atoms with E-state index >= 15 is 0 Å². The van der Waals surface area contributed by atoms with Crippen LogP contribution in [0.5, 0.6) is 0 Å². The molecule has 0 spiro atoms. The molecule has 2 aromatic carbocycles. The van der Waals surface area contributed by atoms with E-state index in [4.69, 9.17) is 4.98 Å². The maximum atomic E-state index is 13.0. The van der Waals surface area contributed by atoms with Crippen molar-refractivity contribution in [3.63, 3.8) is 0 Å². The normalized spacial score (nSPS) is 10.9. The fraction of sp³-hybridized carbons (Fsp3) is 0.174. The maximum absolute atomic E-state index is 13.0. The molecule has 30 heavy (non-hydrogen) atoms. The number of nitrogens with one attached hydrogen (secondary N) is 2. The SMILES string of the molecule is Cc1ccccc1-c1nc2cnccn2c1NCCC(=O)NCc1ccc(F)cc1. The first-order valence-electron chi connectivity index (χ1n) is 9.75. The molecule has 4 aromatic rings. The molecule has 0 saturated heterocycles. The van der Waals surface area contributed by atoms with Gasteiger partial charge in [-0.3, -0.25) is 14.2 Å². The van der Waals surface area contributed by atoms with Gasteiger partial charge in [0.25, 0.3) is 0 Å². The molecule has 0 unspecified atom stereocenters. The molecule has 152 valence electrons. The van der Waals surface area contributed by atoms with E-state index in [0.29, 0.717) is 19.5 Å². The van der Waals surface area contributed by atoms with Crippen LogP contribution < -0.4 is 10.6 Å². The Balaban J connectivity index is 1.44. The lowest BCUT2D eigenvalue weighted by molar-refractivity contribution is -0.121. The van der Waals surface area contributed by atoms with Gasteiger partial charge in [-0.15, -0.1) is 0 Å². The molecule has 1 amide bonds. The number of amides is 1. The number of rotatable bonds is 7. The first-order valence-corrected chi connectivity index (χ1v) is 9.75. The second-order valence-electron chi connectivity index (χ2n) is 7.01. The molecule has 0 atom stereocenters. The monoisotopic (exact) mass is 403 g/mol. The van der Waals surface area contributed by atoms with E-state index in [1.807, 2.05) is 41.8 Å². The van der Waals surface area contributed by atoms with E-state index in [9.17, 15) is 9.18 Å². The van der Waals surface area contributed by atoms with Crippen LogP contribution in [0.2, 0.25) is 0 Å². The summed E-state index contributed by atoms with van der Waals surface area (Å²) in [6.07, 6.45) is 5.56. The average molecular weight is 403 g/mol. The minimum atomic E-state index is -0.290. The van der Waals surface area contributed by atoms with Crippen LogP contribution in [0.25, 0.3) is 16.9 Å². The van der Waals surface area contributed by atoms with Gasteiger partial charge in [-0.05, 0) is 30.2 Å². The highest BCUT2D eigenvalue weighted by Gasteiger charge is 2.15. The Morgan fingerprint density at radius 2 is 1.93 bits per heavy atom. The number of halogens is 1. The van der Waals surface area contributed by atoms with Crippen LogP contribution in [-0.2, 0) is 11.3 Å². The number of hydrogen-bond acceptors (Lipinski definition) is 4. The molecule has 2 heterocycles. The van der Waals surface area contributed by atoms with Gasteiger partial charge in [-0.25, -0.2) is 9.37 Å². The lowest BCUT2D eigenvalue weighted by Gasteiger charge is -2.10. The summed E-state index contributed by atoms with van der Waals surface area (Å²) < 4.78 is 14.9. The van der Waals surface area contributed by atoms with Crippen molar-refractivity contribution < 1.29 is 9.18 Å². The number of hydrogen-bond donors (Lipinski definition) is 2. The van der Waals surface area contributed by atoms with Crippen molar-refractivity contribution in [1.82, 2.24) is 19.7 Å². The zero-order chi connectivity index (χ0) is 20.9. The van der Waals surface area contributed by atoms with Crippen LogP contribution in [0.3, 0.4) is 0 Å². The minimum Gasteiger partial charge on any atom is -0.369 e. The number of nitrogens with zero attached hydrogens (tertiary/aromatic N) is 3. The van der Waals surface area contributed by atoms with Crippen molar-refractivity contribution in [3.05, 3.63) is 84.1 Å². The second-order valence-corrected chi connectivity index (χ2v) is 7.01. The zero-order valence-electron chi connectivity index (χ0n) is 16.6. The molecule has 0 saturated carbocycles. The molecule has 4 rings (SSSR count). The molecule has 0 bridgehead atoms. The van der Waals surface area contributed by atoms with Crippen molar-refractivity contribution in [2.24, 2.45) is 0 Å². The molecule has 6 nitrogen and oxygen atoms in total. The molecule has 0 aliphatic rings. The van der Waals surface area contributed by atoms with Crippen LogP contribution in [0.1, 0.15) is 17.5 Å². The summed E-state index contributed by atoms with van der Waals surface area (Å²) in [7, 11) is 0. The number of aromatic nitrogens is 3. The Morgan fingerprint density at radius 1 is 1.13 bits per heavy atom. The number of carbonyl (C=O) groups excluding carboxylic acids is 1. The summed E-state index contributed by atoms with van der Waals surface area (Å²) in [5, 5.41) is 6.22. The standard InChI is InChI=1S/C23H22FN5O/c1-16-4-2-3-5-19(16)22-23(29-13-12-25-15-20(29)28-22)26-11-10-21(30)27-14-17-6-8-18(24)9-7-17/h2-9,12-13,15,26H,10-11,14H2,1H3,(H,27,30). The highest BCUT2D eigenvalue weighted by Crippen LogP contribution is 2.30. The number of aryl methyl sites for hydroxylation is 1. The number of imidazole rings is 1. The summed E-state index contributed by atoms with van der Waals surface area (Å²) in [6, 6.07) is 14.1. The Labute approximate surface area is 173 Å².